The Balaban J connectivity index is 1.61. The highest BCUT2D eigenvalue weighted by Gasteiger charge is 2.16. The van der Waals surface area contributed by atoms with Crippen LogP contribution in [0.2, 0.25) is 0 Å². The van der Waals surface area contributed by atoms with E-state index < -0.39 is 0 Å². The molecule has 1 fully saturated rings. The van der Waals surface area contributed by atoms with Crippen LogP contribution in [0.5, 0.6) is 0 Å². The number of rotatable bonds is 8. The van der Waals surface area contributed by atoms with Crippen molar-refractivity contribution in [1.29, 1.82) is 0 Å². The predicted octanol–water partition coefficient (Wildman–Crippen LogP) is 3.66. The molecule has 2 aromatic rings. The van der Waals surface area contributed by atoms with Crippen LogP contribution in [0.4, 0.5) is 0 Å². The Labute approximate surface area is 172 Å². The van der Waals surface area contributed by atoms with Crippen LogP contribution >= 0.6 is 0 Å². The van der Waals surface area contributed by atoms with Gasteiger partial charge in [0.2, 0.25) is 5.91 Å². The first-order valence-corrected chi connectivity index (χ1v) is 10.3. The lowest BCUT2D eigenvalue weighted by Crippen LogP contribution is -2.32. The van der Waals surface area contributed by atoms with Crippen LogP contribution in [-0.2, 0) is 16.1 Å². The second kappa shape index (κ2) is 10.3. The Kier molecular flexibility index (Phi) is 7.55. The van der Waals surface area contributed by atoms with Crippen molar-refractivity contribution in [2.75, 3.05) is 26.8 Å². The summed E-state index contributed by atoms with van der Waals surface area (Å²) in [7, 11) is 1.75. The van der Waals surface area contributed by atoms with E-state index in [9.17, 15) is 9.59 Å². The Morgan fingerprint density at radius 2 is 1.79 bits per heavy atom. The van der Waals surface area contributed by atoms with E-state index in [4.69, 9.17) is 10.5 Å². The third-order valence-corrected chi connectivity index (χ3v) is 5.61. The van der Waals surface area contributed by atoms with E-state index in [0.29, 0.717) is 18.9 Å². The number of ether oxygens (including phenoxy) is 1. The Morgan fingerprint density at radius 3 is 2.48 bits per heavy atom. The molecule has 1 heterocycles. The predicted molar refractivity (Wildman–Crippen MR) is 115 cm³/mol. The Hall–Kier alpha value is -2.50. The van der Waals surface area contributed by atoms with Gasteiger partial charge in [-0.1, -0.05) is 42.5 Å². The van der Waals surface area contributed by atoms with Crippen molar-refractivity contribution in [3.05, 3.63) is 59.7 Å². The van der Waals surface area contributed by atoms with Gasteiger partial charge in [-0.15, -0.1) is 0 Å². The van der Waals surface area contributed by atoms with Crippen molar-refractivity contribution in [2.24, 2.45) is 11.7 Å². The molecule has 5 nitrogen and oxygen atoms in total. The van der Waals surface area contributed by atoms with Gasteiger partial charge in [0.25, 0.3) is 0 Å². The maximum Gasteiger partial charge on any atom is 0.236 e. The smallest absolute Gasteiger partial charge is 0.236 e. The molecule has 0 bridgehead atoms. The Morgan fingerprint density at radius 1 is 1.07 bits per heavy atom. The summed E-state index contributed by atoms with van der Waals surface area (Å²) in [5.74, 6) is 0.733. The third kappa shape index (κ3) is 5.99. The second-order valence-electron chi connectivity index (χ2n) is 7.75. The van der Waals surface area contributed by atoms with Crippen molar-refractivity contribution < 1.29 is 14.3 Å². The van der Waals surface area contributed by atoms with Gasteiger partial charge in [0.05, 0.1) is 6.54 Å². The molecule has 1 amide bonds. The third-order valence-electron chi connectivity index (χ3n) is 5.61. The van der Waals surface area contributed by atoms with Crippen LogP contribution in [-0.4, -0.2) is 43.4 Å². The minimum Gasteiger partial charge on any atom is -0.381 e. The van der Waals surface area contributed by atoms with Crippen LogP contribution < -0.4 is 5.73 Å². The molecule has 0 radical (unpaired) electrons. The van der Waals surface area contributed by atoms with Crippen molar-refractivity contribution in [3.8, 4) is 11.1 Å². The number of hydrogen-bond donors (Lipinski definition) is 1. The minimum absolute atomic E-state index is 0.0141. The average molecular weight is 395 g/mol. The second-order valence-corrected chi connectivity index (χ2v) is 7.75. The molecule has 0 spiro atoms. The topological polar surface area (TPSA) is 72.6 Å². The number of likely N-dealkylation sites (N-methyl/N-ethyl adjacent to an activating group) is 1. The number of Topliss-reactive ketones (excluding diaryl/α,β-unsaturated/α-hetero) is 1. The molecular weight excluding hydrogens is 364 g/mol. The zero-order valence-electron chi connectivity index (χ0n) is 17.1. The van der Waals surface area contributed by atoms with Crippen molar-refractivity contribution >= 4 is 11.7 Å². The molecule has 1 saturated heterocycles. The van der Waals surface area contributed by atoms with Gasteiger partial charge in [-0.3, -0.25) is 9.59 Å². The number of nitrogens with two attached hydrogens (primary N) is 1. The molecule has 3 rings (SSSR count). The molecular formula is C24H30N2O3. The summed E-state index contributed by atoms with van der Waals surface area (Å²) in [4.78, 5) is 25.8. The highest BCUT2D eigenvalue weighted by Crippen LogP contribution is 2.24. The molecule has 1 aliphatic heterocycles. The first kappa shape index (κ1) is 21.2. The molecule has 154 valence electrons. The first-order chi connectivity index (χ1) is 14.1. The van der Waals surface area contributed by atoms with E-state index in [1.807, 2.05) is 42.5 Å². The van der Waals surface area contributed by atoms with Crippen LogP contribution in [0.1, 0.15) is 41.6 Å². The van der Waals surface area contributed by atoms with Crippen LogP contribution in [0.25, 0.3) is 11.1 Å². The van der Waals surface area contributed by atoms with Crippen LogP contribution in [0.15, 0.2) is 48.5 Å². The number of ketones is 1. The molecule has 2 N–H and O–H groups in total. The summed E-state index contributed by atoms with van der Waals surface area (Å²) in [6, 6.07) is 15.9. The maximum atomic E-state index is 12.5. The quantitative estimate of drug-likeness (QED) is 0.694. The highest BCUT2D eigenvalue weighted by molar-refractivity contribution is 5.96. The van der Waals surface area contributed by atoms with Gasteiger partial charge in [0.15, 0.2) is 5.78 Å². The van der Waals surface area contributed by atoms with E-state index in [1.165, 1.54) is 0 Å². The SMILES string of the molecule is CN(Cc1cccc(-c2ccc(C(=O)CCC3CCOCC3)cc2)c1)C(=O)CN. The number of amides is 1. The molecule has 0 unspecified atom stereocenters. The summed E-state index contributed by atoms with van der Waals surface area (Å²) in [5, 5.41) is 0. The lowest BCUT2D eigenvalue weighted by molar-refractivity contribution is -0.128. The van der Waals surface area contributed by atoms with Gasteiger partial charge < -0.3 is 15.4 Å². The van der Waals surface area contributed by atoms with Crippen molar-refractivity contribution in [2.45, 2.75) is 32.2 Å². The summed E-state index contributed by atoms with van der Waals surface area (Å²) in [6.07, 6.45) is 3.67. The summed E-state index contributed by atoms with van der Waals surface area (Å²) in [6.45, 7) is 2.18. The van der Waals surface area contributed by atoms with Gasteiger partial charge in [0.1, 0.15) is 0 Å². The van der Waals surface area contributed by atoms with Gasteiger partial charge >= 0.3 is 0 Å². The van der Waals surface area contributed by atoms with E-state index in [2.05, 4.69) is 6.07 Å². The molecule has 0 atom stereocenters. The fraction of sp³-hybridized carbons (Fsp3) is 0.417. The lowest BCUT2D eigenvalue weighted by Gasteiger charge is -2.21. The summed E-state index contributed by atoms with van der Waals surface area (Å²) in [5.41, 5.74) is 9.36. The molecule has 0 aromatic heterocycles. The van der Waals surface area contributed by atoms with E-state index >= 15 is 0 Å². The molecule has 2 aromatic carbocycles. The number of nitrogens with zero attached hydrogens (tertiary/aromatic N) is 1. The zero-order chi connectivity index (χ0) is 20.6. The molecule has 29 heavy (non-hydrogen) atoms. The summed E-state index contributed by atoms with van der Waals surface area (Å²) >= 11 is 0. The lowest BCUT2D eigenvalue weighted by atomic mass is 9.92. The van der Waals surface area contributed by atoms with Gasteiger partial charge in [-0.2, -0.15) is 0 Å². The molecule has 0 saturated carbocycles. The minimum atomic E-state index is -0.0842. The monoisotopic (exact) mass is 394 g/mol. The van der Waals surface area contributed by atoms with Crippen LogP contribution in [0.3, 0.4) is 0 Å². The normalized spacial score (nSPS) is 14.6. The maximum absolute atomic E-state index is 12.5. The fourth-order valence-corrected chi connectivity index (χ4v) is 3.73. The highest BCUT2D eigenvalue weighted by atomic mass is 16.5. The van der Waals surface area contributed by atoms with E-state index in [1.54, 1.807) is 11.9 Å². The average Bonchev–Trinajstić information content (AvgIpc) is 2.77. The summed E-state index contributed by atoms with van der Waals surface area (Å²) < 4.78 is 5.38. The number of hydrogen-bond acceptors (Lipinski definition) is 4. The van der Waals surface area contributed by atoms with Crippen molar-refractivity contribution in [3.63, 3.8) is 0 Å². The van der Waals surface area contributed by atoms with Gasteiger partial charge in [-0.25, -0.2) is 0 Å². The fourth-order valence-electron chi connectivity index (χ4n) is 3.73. The van der Waals surface area contributed by atoms with Crippen LogP contribution in [0, 0.1) is 5.92 Å². The first-order valence-electron chi connectivity index (χ1n) is 10.3. The van der Waals surface area contributed by atoms with Gasteiger partial charge in [0, 0.05) is 38.8 Å². The standard InChI is InChI=1S/C24H30N2O3/c1-26(24(28)16-25)17-19-3-2-4-22(15-19)20-6-8-21(9-7-20)23(27)10-5-18-11-13-29-14-12-18/h2-4,6-9,15,18H,5,10-14,16-17,25H2,1H3. The Bertz CT molecular complexity index is 826. The zero-order valence-corrected chi connectivity index (χ0v) is 17.1. The van der Waals surface area contributed by atoms with Gasteiger partial charge in [-0.05, 0) is 47.9 Å². The molecule has 5 heteroatoms. The molecule has 0 aliphatic carbocycles. The van der Waals surface area contributed by atoms with Crippen molar-refractivity contribution in [1.82, 2.24) is 4.90 Å². The number of carbonyl (C=O) groups excluding carboxylic acids is 2. The molecule has 1 aliphatic rings. The number of benzene rings is 2. The van der Waals surface area contributed by atoms with E-state index in [0.717, 1.165) is 54.7 Å². The van der Waals surface area contributed by atoms with E-state index in [-0.39, 0.29) is 18.2 Å². The number of carbonyl (C=O) groups is 2. The largest absolute Gasteiger partial charge is 0.381 e.